The highest BCUT2D eigenvalue weighted by atomic mass is 16.6. The molecule has 41 heavy (non-hydrogen) atoms. The number of hydrogen-bond donors (Lipinski definition) is 0. The molecule has 246 valence electrons. The van der Waals surface area contributed by atoms with E-state index in [1.165, 1.54) is 167 Å². The van der Waals surface area contributed by atoms with Crippen molar-refractivity contribution < 1.29 is 14.3 Å². The number of ether oxygens (including phenoxy) is 2. The summed E-state index contributed by atoms with van der Waals surface area (Å²) in [4.78, 5) is 5.97. The maximum absolute atomic E-state index is 5.97. The second-order valence-corrected chi connectivity index (χ2v) is 12.5. The zero-order chi connectivity index (χ0) is 29.7. The Morgan fingerprint density at radius 3 is 1.20 bits per heavy atom. The van der Waals surface area contributed by atoms with E-state index in [0.29, 0.717) is 19.8 Å². The fraction of sp³-hybridized carbons (Fsp3) is 0.973. The highest BCUT2D eigenvalue weighted by Crippen LogP contribution is 2.18. The zero-order valence-corrected chi connectivity index (χ0v) is 28.5. The first-order valence-electron chi connectivity index (χ1n) is 18.6. The van der Waals surface area contributed by atoms with Crippen LogP contribution in [-0.4, -0.2) is 39.2 Å². The third-order valence-corrected chi connectivity index (χ3v) is 8.37. The van der Waals surface area contributed by atoms with Gasteiger partial charge in [0, 0.05) is 19.7 Å². The molecule has 0 rings (SSSR count). The van der Waals surface area contributed by atoms with E-state index >= 15 is 0 Å². The van der Waals surface area contributed by atoms with Crippen molar-refractivity contribution in [3.05, 3.63) is 0 Å². The first-order valence-corrected chi connectivity index (χ1v) is 18.6. The number of oxime groups is 1. The predicted molar refractivity (Wildman–Crippen MR) is 181 cm³/mol. The van der Waals surface area contributed by atoms with Gasteiger partial charge in [0.05, 0.1) is 19.8 Å². The predicted octanol–water partition coefficient (Wildman–Crippen LogP) is 12.4. The molecule has 0 radical (unpaired) electrons. The summed E-state index contributed by atoms with van der Waals surface area (Å²) in [5, 5.41) is 4.31. The van der Waals surface area contributed by atoms with Crippen LogP contribution < -0.4 is 0 Å². The van der Waals surface area contributed by atoms with Gasteiger partial charge in [-0.3, -0.25) is 0 Å². The van der Waals surface area contributed by atoms with E-state index in [1.54, 1.807) is 7.11 Å². The molecule has 0 amide bonds. The fourth-order valence-electron chi connectivity index (χ4n) is 5.59. The Labute approximate surface area is 258 Å². The molecule has 0 aliphatic carbocycles. The van der Waals surface area contributed by atoms with Crippen LogP contribution in [0.1, 0.15) is 200 Å². The second-order valence-electron chi connectivity index (χ2n) is 12.5. The van der Waals surface area contributed by atoms with Crippen LogP contribution in [0.3, 0.4) is 0 Å². The van der Waals surface area contributed by atoms with Crippen molar-refractivity contribution in [1.29, 1.82) is 0 Å². The molecule has 0 bridgehead atoms. The third kappa shape index (κ3) is 35.5. The average molecular weight is 582 g/mol. The molecule has 4 nitrogen and oxygen atoms in total. The minimum atomic E-state index is 0.279. The lowest BCUT2D eigenvalue weighted by atomic mass is 10.0. The van der Waals surface area contributed by atoms with Gasteiger partial charge in [0.1, 0.15) is 6.10 Å². The van der Waals surface area contributed by atoms with Crippen LogP contribution in [0.15, 0.2) is 5.16 Å². The SMILES string of the molecule is CCCCCCCCCCCCCCCC(CCCCCCCCCCCCCCC)O/N=C/CCOCCOC. The molecule has 0 spiro atoms. The summed E-state index contributed by atoms with van der Waals surface area (Å²) in [5.74, 6) is 0. The van der Waals surface area contributed by atoms with Crippen LogP contribution >= 0.6 is 0 Å². The number of hydrogen-bond acceptors (Lipinski definition) is 4. The highest BCUT2D eigenvalue weighted by molar-refractivity contribution is 5.56. The summed E-state index contributed by atoms with van der Waals surface area (Å²) in [7, 11) is 1.70. The first kappa shape index (κ1) is 40.4. The molecular formula is C37H75NO3. The summed E-state index contributed by atoms with van der Waals surface area (Å²) >= 11 is 0. The van der Waals surface area contributed by atoms with Gasteiger partial charge in [-0.1, -0.05) is 173 Å². The molecule has 0 heterocycles. The smallest absolute Gasteiger partial charge is 0.127 e. The van der Waals surface area contributed by atoms with Crippen molar-refractivity contribution in [2.24, 2.45) is 5.16 Å². The zero-order valence-electron chi connectivity index (χ0n) is 28.5. The van der Waals surface area contributed by atoms with E-state index < -0.39 is 0 Å². The molecule has 0 saturated heterocycles. The van der Waals surface area contributed by atoms with Crippen LogP contribution in [0.25, 0.3) is 0 Å². The molecule has 0 aromatic carbocycles. The van der Waals surface area contributed by atoms with Crippen molar-refractivity contribution in [2.45, 2.75) is 206 Å². The van der Waals surface area contributed by atoms with E-state index in [0.717, 1.165) is 19.3 Å². The Balaban J connectivity index is 3.89. The maximum Gasteiger partial charge on any atom is 0.127 e. The lowest BCUT2D eigenvalue weighted by Gasteiger charge is -2.15. The van der Waals surface area contributed by atoms with Crippen molar-refractivity contribution in [1.82, 2.24) is 0 Å². The van der Waals surface area contributed by atoms with Gasteiger partial charge in [0.2, 0.25) is 0 Å². The minimum Gasteiger partial charge on any atom is -0.393 e. The number of nitrogens with zero attached hydrogens (tertiary/aromatic N) is 1. The van der Waals surface area contributed by atoms with Crippen LogP contribution in [0.4, 0.5) is 0 Å². The summed E-state index contributed by atoms with van der Waals surface area (Å²) in [6.45, 7) is 6.57. The van der Waals surface area contributed by atoms with Crippen LogP contribution in [0.5, 0.6) is 0 Å². The molecule has 0 N–H and O–H groups in total. The van der Waals surface area contributed by atoms with Crippen molar-refractivity contribution in [2.75, 3.05) is 26.9 Å². The molecule has 0 aliphatic rings. The largest absolute Gasteiger partial charge is 0.393 e. The van der Waals surface area contributed by atoms with E-state index in [-0.39, 0.29) is 6.10 Å². The Hall–Kier alpha value is -0.610. The minimum absolute atomic E-state index is 0.279. The van der Waals surface area contributed by atoms with Crippen molar-refractivity contribution in [3.8, 4) is 0 Å². The average Bonchev–Trinajstić information content (AvgIpc) is 2.98. The molecule has 0 saturated carbocycles. The molecule has 0 fully saturated rings. The van der Waals surface area contributed by atoms with Gasteiger partial charge in [-0.2, -0.15) is 0 Å². The molecule has 0 atom stereocenters. The lowest BCUT2D eigenvalue weighted by Crippen LogP contribution is -2.10. The van der Waals surface area contributed by atoms with E-state index in [9.17, 15) is 0 Å². The quantitative estimate of drug-likeness (QED) is 0.0419. The first-order chi connectivity index (χ1) is 20.3. The fourth-order valence-corrected chi connectivity index (χ4v) is 5.59. The maximum atomic E-state index is 5.97. The summed E-state index contributed by atoms with van der Waals surface area (Å²) in [6.07, 6.45) is 41.7. The molecule has 0 aromatic heterocycles. The summed E-state index contributed by atoms with van der Waals surface area (Å²) < 4.78 is 10.5. The highest BCUT2D eigenvalue weighted by Gasteiger charge is 2.09. The van der Waals surface area contributed by atoms with Crippen LogP contribution in [-0.2, 0) is 14.3 Å². The van der Waals surface area contributed by atoms with Crippen LogP contribution in [0, 0.1) is 0 Å². The van der Waals surface area contributed by atoms with Gasteiger partial charge >= 0.3 is 0 Å². The topological polar surface area (TPSA) is 40.0 Å². The second kappa shape index (κ2) is 37.4. The lowest BCUT2D eigenvalue weighted by molar-refractivity contribution is 0.0426. The number of rotatable bonds is 36. The Morgan fingerprint density at radius 2 is 0.829 bits per heavy atom. The van der Waals surface area contributed by atoms with Crippen LogP contribution in [0.2, 0.25) is 0 Å². The van der Waals surface area contributed by atoms with E-state index in [1.807, 2.05) is 6.21 Å². The van der Waals surface area contributed by atoms with Crippen molar-refractivity contribution in [3.63, 3.8) is 0 Å². The monoisotopic (exact) mass is 582 g/mol. The number of unbranched alkanes of at least 4 members (excludes halogenated alkanes) is 24. The van der Waals surface area contributed by atoms with E-state index in [2.05, 4.69) is 19.0 Å². The van der Waals surface area contributed by atoms with Crippen molar-refractivity contribution >= 4 is 6.21 Å². The van der Waals surface area contributed by atoms with Gasteiger partial charge in [-0.25, -0.2) is 0 Å². The van der Waals surface area contributed by atoms with Gasteiger partial charge in [-0.15, -0.1) is 0 Å². The van der Waals surface area contributed by atoms with Gasteiger partial charge in [-0.05, 0) is 25.7 Å². The third-order valence-electron chi connectivity index (χ3n) is 8.37. The Bertz CT molecular complexity index is 455. The molecule has 0 unspecified atom stereocenters. The molecule has 0 aliphatic heterocycles. The Kier molecular flexibility index (Phi) is 36.9. The van der Waals surface area contributed by atoms with Gasteiger partial charge in [0.25, 0.3) is 0 Å². The number of methoxy groups -OCH3 is 1. The van der Waals surface area contributed by atoms with Gasteiger partial charge < -0.3 is 14.3 Å². The van der Waals surface area contributed by atoms with Gasteiger partial charge in [0.15, 0.2) is 0 Å². The standard InChI is InChI=1S/C37H75NO3/c1-4-6-8-10-12-14-16-18-20-22-24-26-28-31-37(41-38-33-30-34-40-36-35-39-3)32-29-27-25-23-21-19-17-15-13-11-9-7-5-2/h33,37H,4-32,34-36H2,1-3H3/b38-33+. The molecule has 0 aromatic rings. The normalized spacial score (nSPS) is 11.8. The summed E-state index contributed by atoms with van der Waals surface area (Å²) in [5.41, 5.74) is 0. The molecular weight excluding hydrogens is 506 g/mol. The van der Waals surface area contributed by atoms with E-state index in [4.69, 9.17) is 14.3 Å². The molecule has 4 heteroatoms. The Morgan fingerprint density at radius 1 is 0.463 bits per heavy atom. The summed E-state index contributed by atoms with van der Waals surface area (Å²) in [6, 6.07) is 0.